The van der Waals surface area contributed by atoms with Gasteiger partial charge in [-0.1, -0.05) is 17.7 Å². The van der Waals surface area contributed by atoms with Gasteiger partial charge in [0.1, 0.15) is 5.75 Å². The fraction of sp³-hybridized carbons (Fsp3) is 0.143. The van der Waals surface area contributed by atoms with Crippen LogP contribution in [-0.4, -0.2) is 18.0 Å². The van der Waals surface area contributed by atoms with Crippen molar-refractivity contribution in [1.29, 1.82) is 0 Å². The second-order valence-electron chi connectivity index (χ2n) is 6.27. The molecule has 2 aromatic carbocycles. The topological polar surface area (TPSA) is 54.5 Å². The van der Waals surface area contributed by atoms with Crippen molar-refractivity contribution in [2.24, 2.45) is 0 Å². The molecule has 2 heterocycles. The van der Waals surface area contributed by atoms with Crippen molar-refractivity contribution in [3.63, 3.8) is 0 Å². The van der Waals surface area contributed by atoms with E-state index in [0.717, 1.165) is 22.7 Å². The molecule has 1 N–H and O–H groups in total. The van der Waals surface area contributed by atoms with E-state index >= 15 is 0 Å². The number of carbonyl (C=O) groups excluding carboxylic acids is 1. The number of methoxy groups -OCH3 is 1. The standard InChI is InChI=1S/C21H18ClN3O2/c1-13-17(22)6-3-7-18(13)24-20-19-16(5-4-12-23-19)21(26)25(20)14-8-10-15(27-2)11-9-14/h3-12,20,24H,1-2H3/t20-/m0/s1. The summed E-state index contributed by atoms with van der Waals surface area (Å²) in [6.45, 7) is 1.94. The number of ether oxygens (including phenoxy) is 1. The molecule has 136 valence electrons. The Balaban J connectivity index is 1.78. The molecule has 0 radical (unpaired) electrons. The summed E-state index contributed by atoms with van der Waals surface area (Å²) in [7, 11) is 1.61. The van der Waals surface area contributed by atoms with Crippen LogP contribution in [0.2, 0.25) is 5.02 Å². The van der Waals surface area contributed by atoms with Gasteiger partial charge in [0.15, 0.2) is 6.17 Å². The highest BCUT2D eigenvalue weighted by molar-refractivity contribution is 6.31. The van der Waals surface area contributed by atoms with Crippen molar-refractivity contribution in [2.75, 3.05) is 17.3 Å². The first kappa shape index (κ1) is 17.4. The fourth-order valence-corrected chi connectivity index (χ4v) is 3.41. The van der Waals surface area contributed by atoms with E-state index in [4.69, 9.17) is 16.3 Å². The second kappa shape index (κ2) is 6.93. The molecule has 0 saturated carbocycles. The Morgan fingerprint density at radius 3 is 2.63 bits per heavy atom. The third kappa shape index (κ3) is 3.00. The Hall–Kier alpha value is -3.05. The van der Waals surface area contributed by atoms with Gasteiger partial charge in [0.05, 0.1) is 18.4 Å². The minimum atomic E-state index is -0.431. The highest BCUT2D eigenvalue weighted by Gasteiger charge is 2.39. The molecular formula is C21H18ClN3O2. The number of nitrogens with zero attached hydrogens (tertiary/aromatic N) is 2. The summed E-state index contributed by atoms with van der Waals surface area (Å²) in [5.41, 5.74) is 3.82. The predicted octanol–water partition coefficient (Wildman–Crippen LogP) is 4.82. The number of benzene rings is 2. The molecule has 0 spiro atoms. The van der Waals surface area contributed by atoms with Gasteiger partial charge in [-0.05, 0) is 61.0 Å². The van der Waals surface area contributed by atoms with Crippen LogP contribution in [0.3, 0.4) is 0 Å². The van der Waals surface area contributed by atoms with Crippen LogP contribution < -0.4 is 15.0 Å². The van der Waals surface area contributed by atoms with E-state index < -0.39 is 6.17 Å². The second-order valence-corrected chi connectivity index (χ2v) is 6.68. The lowest BCUT2D eigenvalue weighted by Crippen LogP contribution is -2.32. The van der Waals surface area contributed by atoms with E-state index in [1.165, 1.54) is 0 Å². The molecule has 0 fully saturated rings. The van der Waals surface area contributed by atoms with E-state index in [2.05, 4.69) is 10.3 Å². The Labute approximate surface area is 162 Å². The summed E-state index contributed by atoms with van der Waals surface area (Å²) in [4.78, 5) is 19.3. The number of aromatic nitrogens is 1. The molecule has 0 unspecified atom stereocenters. The zero-order valence-corrected chi connectivity index (χ0v) is 15.7. The maximum Gasteiger partial charge on any atom is 0.262 e. The normalized spacial score (nSPS) is 15.6. The monoisotopic (exact) mass is 379 g/mol. The minimum Gasteiger partial charge on any atom is -0.497 e. The number of rotatable bonds is 4. The summed E-state index contributed by atoms with van der Waals surface area (Å²) >= 11 is 6.26. The minimum absolute atomic E-state index is 0.0968. The number of nitrogens with one attached hydrogen (secondary N) is 1. The molecule has 1 aliphatic heterocycles. The van der Waals surface area contributed by atoms with E-state index in [1.54, 1.807) is 30.3 Å². The van der Waals surface area contributed by atoms with E-state index in [-0.39, 0.29) is 5.91 Å². The van der Waals surface area contributed by atoms with Gasteiger partial charge >= 0.3 is 0 Å². The first-order valence-electron chi connectivity index (χ1n) is 8.54. The molecule has 6 heteroatoms. The number of carbonyl (C=O) groups is 1. The van der Waals surface area contributed by atoms with Crippen molar-refractivity contribution in [3.8, 4) is 5.75 Å². The van der Waals surface area contributed by atoms with E-state index in [9.17, 15) is 4.79 Å². The van der Waals surface area contributed by atoms with Crippen LogP contribution in [-0.2, 0) is 0 Å². The van der Waals surface area contributed by atoms with Crippen molar-refractivity contribution in [2.45, 2.75) is 13.1 Å². The summed E-state index contributed by atoms with van der Waals surface area (Å²) in [5.74, 6) is 0.636. The number of anilines is 2. The van der Waals surface area contributed by atoms with Crippen molar-refractivity contribution in [1.82, 2.24) is 4.98 Å². The lowest BCUT2D eigenvalue weighted by atomic mass is 10.1. The summed E-state index contributed by atoms with van der Waals surface area (Å²) in [6.07, 6.45) is 1.27. The molecule has 5 nitrogen and oxygen atoms in total. The molecular weight excluding hydrogens is 362 g/mol. The van der Waals surface area contributed by atoms with Gasteiger partial charge in [-0.2, -0.15) is 0 Å². The first-order valence-corrected chi connectivity index (χ1v) is 8.92. The van der Waals surface area contributed by atoms with Gasteiger partial charge in [0.2, 0.25) is 0 Å². The molecule has 1 amide bonds. The van der Waals surface area contributed by atoms with Crippen LogP contribution in [0.15, 0.2) is 60.8 Å². The maximum atomic E-state index is 13.1. The quantitative estimate of drug-likeness (QED) is 0.705. The maximum absolute atomic E-state index is 13.1. The zero-order chi connectivity index (χ0) is 19.0. The summed E-state index contributed by atoms with van der Waals surface area (Å²) in [5, 5.41) is 4.11. The molecule has 1 aliphatic rings. The molecule has 3 aromatic rings. The highest BCUT2D eigenvalue weighted by Crippen LogP contribution is 2.38. The van der Waals surface area contributed by atoms with Gasteiger partial charge in [-0.25, -0.2) is 0 Å². The lowest BCUT2D eigenvalue weighted by molar-refractivity contribution is 0.0993. The highest BCUT2D eigenvalue weighted by atomic mass is 35.5. The Morgan fingerprint density at radius 2 is 1.89 bits per heavy atom. The zero-order valence-electron chi connectivity index (χ0n) is 14.9. The van der Waals surface area contributed by atoms with Crippen molar-refractivity contribution >= 4 is 28.9 Å². The molecule has 0 saturated heterocycles. The predicted molar refractivity (Wildman–Crippen MR) is 107 cm³/mol. The van der Waals surface area contributed by atoms with Gasteiger partial charge in [0, 0.05) is 22.6 Å². The van der Waals surface area contributed by atoms with Crippen LogP contribution in [0.1, 0.15) is 27.8 Å². The molecule has 4 rings (SSSR count). The summed E-state index contributed by atoms with van der Waals surface area (Å²) in [6, 6.07) is 16.6. The van der Waals surface area contributed by atoms with E-state index in [0.29, 0.717) is 16.3 Å². The van der Waals surface area contributed by atoms with Crippen LogP contribution >= 0.6 is 11.6 Å². The van der Waals surface area contributed by atoms with Crippen molar-refractivity contribution < 1.29 is 9.53 Å². The molecule has 1 atom stereocenters. The Bertz CT molecular complexity index is 1000. The number of amides is 1. The van der Waals surface area contributed by atoms with Crippen LogP contribution in [0.4, 0.5) is 11.4 Å². The van der Waals surface area contributed by atoms with Crippen LogP contribution in [0, 0.1) is 6.92 Å². The van der Waals surface area contributed by atoms with Gasteiger partial charge < -0.3 is 10.1 Å². The smallest absolute Gasteiger partial charge is 0.262 e. The Kier molecular flexibility index (Phi) is 4.46. The molecule has 27 heavy (non-hydrogen) atoms. The van der Waals surface area contributed by atoms with E-state index in [1.807, 2.05) is 49.4 Å². The summed E-state index contributed by atoms with van der Waals surface area (Å²) < 4.78 is 5.23. The number of hydrogen-bond acceptors (Lipinski definition) is 4. The number of fused-ring (bicyclic) bond motifs is 1. The molecule has 0 bridgehead atoms. The van der Waals surface area contributed by atoms with Crippen molar-refractivity contribution in [3.05, 3.63) is 82.6 Å². The number of hydrogen-bond donors (Lipinski definition) is 1. The van der Waals surface area contributed by atoms with Crippen LogP contribution in [0.5, 0.6) is 5.75 Å². The largest absolute Gasteiger partial charge is 0.497 e. The van der Waals surface area contributed by atoms with Gasteiger partial charge in [-0.15, -0.1) is 0 Å². The SMILES string of the molecule is COc1ccc(N2C(=O)c3cccnc3[C@H]2Nc2cccc(Cl)c2C)cc1. The average Bonchev–Trinajstić information content (AvgIpc) is 2.98. The van der Waals surface area contributed by atoms with Gasteiger partial charge in [-0.3, -0.25) is 14.7 Å². The number of halogens is 1. The Morgan fingerprint density at radius 1 is 1.11 bits per heavy atom. The average molecular weight is 380 g/mol. The lowest BCUT2D eigenvalue weighted by Gasteiger charge is -2.27. The third-order valence-electron chi connectivity index (χ3n) is 4.72. The fourth-order valence-electron chi connectivity index (χ4n) is 3.24. The molecule has 1 aromatic heterocycles. The van der Waals surface area contributed by atoms with Crippen LogP contribution in [0.25, 0.3) is 0 Å². The third-order valence-corrected chi connectivity index (χ3v) is 5.12. The first-order chi connectivity index (χ1) is 13.1. The van der Waals surface area contributed by atoms with Gasteiger partial charge in [0.25, 0.3) is 5.91 Å². The molecule has 0 aliphatic carbocycles. The number of pyridine rings is 1.